The Morgan fingerprint density at radius 1 is 1.26 bits per heavy atom. The summed E-state index contributed by atoms with van der Waals surface area (Å²) in [7, 11) is 0. The minimum Gasteiger partial charge on any atom is -0.456 e. The van der Waals surface area contributed by atoms with Crippen molar-refractivity contribution < 1.29 is 18.8 Å². The summed E-state index contributed by atoms with van der Waals surface area (Å²) in [6.45, 7) is 3.13. The zero-order valence-electron chi connectivity index (χ0n) is 12.3. The van der Waals surface area contributed by atoms with Gasteiger partial charge in [-0.1, -0.05) is 21.6 Å². The van der Waals surface area contributed by atoms with Crippen molar-refractivity contribution in [3.8, 4) is 22.3 Å². The van der Waals surface area contributed by atoms with E-state index in [1.165, 1.54) is 18.3 Å². The lowest BCUT2D eigenvalue weighted by atomic mass is 10.2. The van der Waals surface area contributed by atoms with E-state index in [0.29, 0.717) is 16.8 Å². The molecule has 9 heteroatoms. The molecule has 0 atom stereocenters. The maximum atomic E-state index is 10.7. The second-order valence-electron chi connectivity index (χ2n) is 4.51. The largest absolute Gasteiger partial charge is 0.456 e. The van der Waals surface area contributed by atoms with Gasteiger partial charge in [-0.15, -0.1) is 5.10 Å². The second kappa shape index (κ2) is 6.53. The molecule has 2 heterocycles. The Hall–Kier alpha value is -2.81. The fraction of sp³-hybridized carbons (Fsp3) is 0.214. The van der Waals surface area contributed by atoms with Crippen LogP contribution in [0, 0.1) is 6.92 Å². The highest BCUT2D eigenvalue weighted by atomic mass is 32.1. The van der Waals surface area contributed by atoms with Gasteiger partial charge in [-0.2, -0.15) is 4.98 Å². The molecule has 0 bridgehead atoms. The number of carbonyl (C=O) groups is 1. The number of aryl methyl sites for hydroxylation is 1. The molecule has 0 aliphatic heterocycles. The van der Waals surface area contributed by atoms with Gasteiger partial charge in [0.1, 0.15) is 10.8 Å². The molecule has 0 saturated heterocycles. The summed E-state index contributed by atoms with van der Waals surface area (Å²) in [5.74, 6) is 0.872. The molecule has 2 aromatic heterocycles. The highest BCUT2D eigenvalue weighted by Crippen LogP contribution is 2.26. The number of hydrogen-bond donors (Lipinski definition) is 0. The summed E-state index contributed by atoms with van der Waals surface area (Å²) < 4.78 is 15.4. The van der Waals surface area contributed by atoms with E-state index < -0.39 is 5.97 Å². The second-order valence-corrected chi connectivity index (χ2v) is 5.65. The third-order valence-corrected chi connectivity index (χ3v) is 3.41. The summed E-state index contributed by atoms with van der Waals surface area (Å²) in [6, 6.07) is 7.13. The summed E-state index contributed by atoms with van der Waals surface area (Å²) in [5, 5.41) is 12.9. The van der Waals surface area contributed by atoms with Gasteiger partial charge in [0.15, 0.2) is 6.61 Å². The maximum Gasteiger partial charge on any atom is 0.303 e. The minimum atomic E-state index is -0.404. The Morgan fingerprint density at radius 3 is 2.70 bits per heavy atom. The molecule has 118 valence electrons. The lowest BCUT2D eigenvalue weighted by Gasteiger charge is -2.01. The van der Waals surface area contributed by atoms with Gasteiger partial charge in [0.2, 0.25) is 5.82 Å². The van der Waals surface area contributed by atoms with Crippen molar-refractivity contribution in [1.82, 2.24) is 20.3 Å². The number of aromatic nitrogens is 4. The molecule has 0 aliphatic rings. The lowest BCUT2D eigenvalue weighted by Crippen LogP contribution is -1.98. The molecule has 0 spiro atoms. The van der Waals surface area contributed by atoms with Crippen molar-refractivity contribution in [3.05, 3.63) is 35.2 Å². The van der Waals surface area contributed by atoms with E-state index in [9.17, 15) is 4.79 Å². The van der Waals surface area contributed by atoms with E-state index in [-0.39, 0.29) is 12.5 Å². The zero-order chi connectivity index (χ0) is 16.2. The fourth-order valence-electron chi connectivity index (χ4n) is 1.69. The molecule has 0 aliphatic carbocycles. The normalized spacial score (nSPS) is 10.5. The van der Waals surface area contributed by atoms with Gasteiger partial charge in [0, 0.05) is 12.5 Å². The molecule has 0 unspecified atom stereocenters. The Balaban J connectivity index is 1.68. The molecular weight excluding hydrogens is 320 g/mol. The van der Waals surface area contributed by atoms with Crippen LogP contribution in [-0.4, -0.2) is 26.3 Å². The van der Waals surface area contributed by atoms with Crippen molar-refractivity contribution >= 4 is 17.3 Å². The lowest BCUT2D eigenvalue weighted by molar-refractivity contribution is -0.143. The van der Waals surface area contributed by atoms with E-state index in [1.54, 1.807) is 24.3 Å². The zero-order valence-corrected chi connectivity index (χ0v) is 13.2. The Bertz CT molecular complexity index is 812. The molecule has 8 nitrogen and oxygen atoms in total. The van der Waals surface area contributed by atoms with Crippen molar-refractivity contribution in [1.29, 1.82) is 0 Å². The number of esters is 1. The Morgan fingerprint density at radius 2 is 2.04 bits per heavy atom. The smallest absolute Gasteiger partial charge is 0.303 e. The SMILES string of the molecule is CC(=O)OCc1nc(-c2ccc(Oc3nnc(C)s3)cc2)no1. The third kappa shape index (κ3) is 3.89. The van der Waals surface area contributed by atoms with Crippen LogP contribution in [0.4, 0.5) is 0 Å². The van der Waals surface area contributed by atoms with Gasteiger partial charge in [0.25, 0.3) is 11.1 Å². The number of carbonyl (C=O) groups excluding carboxylic acids is 1. The Labute approximate surface area is 135 Å². The average Bonchev–Trinajstić information content (AvgIpc) is 3.15. The average molecular weight is 332 g/mol. The standard InChI is InChI=1S/C14H12N4O4S/c1-8-16-17-14(23-8)21-11-5-3-10(4-6-11)13-15-12(22-18-13)7-20-9(2)19/h3-6H,7H2,1-2H3. The van der Waals surface area contributed by atoms with Crippen LogP contribution in [0.2, 0.25) is 0 Å². The first kappa shape index (κ1) is 15.1. The van der Waals surface area contributed by atoms with E-state index in [4.69, 9.17) is 14.0 Å². The molecule has 0 fully saturated rings. The molecule has 0 saturated carbocycles. The number of benzene rings is 1. The summed E-state index contributed by atoms with van der Waals surface area (Å²) in [6.07, 6.45) is 0. The third-order valence-electron chi connectivity index (χ3n) is 2.69. The van der Waals surface area contributed by atoms with Gasteiger partial charge >= 0.3 is 5.97 Å². The van der Waals surface area contributed by atoms with Gasteiger partial charge in [-0.25, -0.2) is 0 Å². The van der Waals surface area contributed by atoms with E-state index in [0.717, 1.165) is 10.6 Å². The highest BCUT2D eigenvalue weighted by Gasteiger charge is 2.10. The first-order valence-corrected chi connectivity index (χ1v) is 7.46. The predicted octanol–water partition coefficient (Wildman–Crippen LogP) is 2.75. The summed E-state index contributed by atoms with van der Waals surface area (Å²) in [5.41, 5.74) is 0.753. The van der Waals surface area contributed by atoms with E-state index in [2.05, 4.69) is 20.3 Å². The number of rotatable bonds is 5. The van der Waals surface area contributed by atoms with Gasteiger partial charge in [-0.05, 0) is 31.2 Å². The molecular formula is C14H12N4O4S. The number of hydrogen-bond acceptors (Lipinski definition) is 9. The van der Waals surface area contributed by atoms with Crippen LogP contribution in [0.5, 0.6) is 10.9 Å². The van der Waals surface area contributed by atoms with Crippen molar-refractivity contribution in [2.75, 3.05) is 0 Å². The monoisotopic (exact) mass is 332 g/mol. The van der Waals surface area contributed by atoms with Crippen molar-refractivity contribution in [2.24, 2.45) is 0 Å². The van der Waals surface area contributed by atoms with Crippen molar-refractivity contribution in [2.45, 2.75) is 20.5 Å². The van der Waals surface area contributed by atoms with Crippen LogP contribution >= 0.6 is 11.3 Å². The highest BCUT2D eigenvalue weighted by molar-refractivity contribution is 7.13. The van der Waals surface area contributed by atoms with Crippen LogP contribution in [-0.2, 0) is 16.1 Å². The topological polar surface area (TPSA) is 100 Å². The van der Waals surface area contributed by atoms with Gasteiger partial charge in [0.05, 0.1) is 0 Å². The first-order chi connectivity index (χ1) is 11.1. The molecule has 0 N–H and O–H groups in total. The van der Waals surface area contributed by atoms with E-state index >= 15 is 0 Å². The van der Waals surface area contributed by atoms with Gasteiger partial charge in [-0.3, -0.25) is 4.79 Å². The quantitative estimate of drug-likeness (QED) is 0.657. The molecule has 0 radical (unpaired) electrons. The van der Waals surface area contributed by atoms with Crippen LogP contribution in [0.15, 0.2) is 28.8 Å². The van der Waals surface area contributed by atoms with Crippen LogP contribution in [0.3, 0.4) is 0 Å². The first-order valence-electron chi connectivity index (χ1n) is 6.64. The summed E-state index contributed by atoms with van der Waals surface area (Å²) in [4.78, 5) is 14.9. The molecule has 3 aromatic rings. The predicted molar refractivity (Wildman–Crippen MR) is 79.9 cm³/mol. The fourth-order valence-corrected chi connectivity index (χ4v) is 2.24. The molecule has 23 heavy (non-hydrogen) atoms. The maximum absolute atomic E-state index is 10.7. The van der Waals surface area contributed by atoms with Crippen LogP contribution < -0.4 is 4.74 Å². The molecule has 0 amide bonds. The summed E-state index contributed by atoms with van der Waals surface area (Å²) >= 11 is 1.37. The van der Waals surface area contributed by atoms with Crippen LogP contribution in [0.1, 0.15) is 17.8 Å². The molecule has 3 rings (SSSR count). The van der Waals surface area contributed by atoms with E-state index in [1.807, 2.05) is 6.92 Å². The molecule has 1 aromatic carbocycles. The minimum absolute atomic E-state index is 0.0417. The van der Waals surface area contributed by atoms with Crippen LogP contribution in [0.25, 0.3) is 11.4 Å². The number of nitrogens with zero attached hydrogens (tertiary/aromatic N) is 4. The van der Waals surface area contributed by atoms with Gasteiger partial charge < -0.3 is 14.0 Å². The Kier molecular flexibility index (Phi) is 4.29. The number of ether oxygens (including phenoxy) is 2. The van der Waals surface area contributed by atoms with Crippen molar-refractivity contribution in [3.63, 3.8) is 0 Å².